The zero-order valence-corrected chi connectivity index (χ0v) is 12.6. The lowest BCUT2D eigenvalue weighted by atomic mass is 9.96. The van der Waals surface area contributed by atoms with Crippen LogP contribution in [0.3, 0.4) is 0 Å². The molecule has 0 aromatic rings. The molecular formula is C18H28N2. The van der Waals surface area contributed by atoms with Crippen molar-refractivity contribution in [1.29, 1.82) is 0 Å². The summed E-state index contributed by atoms with van der Waals surface area (Å²) in [7, 11) is 0. The highest BCUT2D eigenvalue weighted by Crippen LogP contribution is 2.21. The lowest BCUT2D eigenvalue weighted by Crippen LogP contribution is -2.41. The van der Waals surface area contributed by atoms with E-state index in [0.717, 1.165) is 26.2 Å². The summed E-state index contributed by atoms with van der Waals surface area (Å²) in [5.74, 6) is 0. The van der Waals surface area contributed by atoms with E-state index in [-0.39, 0.29) is 0 Å². The molecule has 0 bridgehead atoms. The maximum Gasteiger partial charge on any atom is 0.0286 e. The molecule has 2 nitrogen and oxygen atoms in total. The third-order valence-corrected chi connectivity index (χ3v) is 3.71. The van der Waals surface area contributed by atoms with Crippen molar-refractivity contribution < 1.29 is 0 Å². The van der Waals surface area contributed by atoms with Crippen molar-refractivity contribution in [1.82, 2.24) is 9.80 Å². The minimum absolute atomic E-state index is 0.497. The Morgan fingerprint density at radius 1 is 0.700 bits per heavy atom. The standard InChI is InChI=1S/C18H28N2/c1-5-13-19(14-6-2)17-9-11-18(12-10-17)20(15-7-3)16-8-4/h5-9,11,17-18H,1-4,10,12-16H2/t17-,18-/m1/s1. The van der Waals surface area contributed by atoms with Crippen LogP contribution in [0.4, 0.5) is 0 Å². The third-order valence-electron chi connectivity index (χ3n) is 3.71. The average molecular weight is 272 g/mol. The largest absolute Gasteiger partial charge is 0.290 e. The normalized spacial score (nSPS) is 21.9. The smallest absolute Gasteiger partial charge is 0.0286 e. The maximum absolute atomic E-state index is 3.84. The van der Waals surface area contributed by atoms with Gasteiger partial charge in [0.2, 0.25) is 0 Å². The van der Waals surface area contributed by atoms with Crippen molar-refractivity contribution in [2.45, 2.75) is 24.9 Å². The van der Waals surface area contributed by atoms with Gasteiger partial charge in [0, 0.05) is 38.3 Å². The van der Waals surface area contributed by atoms with Gasteiger partial charge < -0.3 is 0 Å². The Bertz CT molecular complexity index is 302. The number of nitrogens with zero attached hydrogens (tertiary/aromatic N) is 2. The molecule has 0 spiro atoms. The Morgan fingerprint density at radius 3 is 1.20 bits per heavy atom. The minimum atomic E-state index is 0.497. The van der Waals surface area contributed by atoms with Crippen molar-refractivity contribution in [2.75, 3.05) is 26.2 Å². The summed E-state index contributed by atoms with van der Waals surface area (Å²) >= 11 is 0. The fraction of sp³-hybridized carbons (Fsp3) is 0.444. The first-order chi connectivity index (χ1) is 9.76. The van der Waals surface area contributed by atoms with Crippen molar-refractivity contribution in [3.05, 3.63) is 62.8 Å². The quantitative estimate of drug-likeness (QED) is 0.562. The van der Waals surface area contributed by atoms with Gasteiger partial charge in [-0.3, -0.25) is 9.80 Å². The summed E-state index contributed by atoms with van der Waals surface area (Å²) in [5.41, 5.74) is 0. The predicted molar refractivity (Wildman–Crippen MR) is 89.9 cm³/mol. The highest BCUT2D eigenvalue weighted by Gasteiger charge is 2.22. The van der Waals surface area contributed by atoms with E-state index in [2.05, 4.69) is 48.3 Å². The molecule has 0 heterocycles. The molecule has 1 aliphatic rings. The van der Waals surface area contributed by atoms with Crippen LogP contribution in [0.15, 0.2) is 62.8 Å². The molecule has 1 aliphatic carbocycles. The molecule has 0 amide bonds. The molecule has 0 fully saturated rings. The second-order valence-electron chi connectivity index (χ2n) is 5.16. The van der Waals surface area contributed by atoms with E-state index in [0.29, 0.717) is 12.1 Å². The van der Waals surface area contributed by atoms with Crippen LogP contribution in [0.1, 0.15) is 12.8 Å². The zero-order chi connectivity index (χ0) is 14.8. The Hall–Kier alpha value is -1.38. The topological polar surface area (TPSA) is 6.48 Å². The molecule has 0 unspecified atom stereocenters. The second-order valence-corrected chi connectivity index (χ2v) is 5.16. The Kier molecular flexibility index (Phi) is 7.93. The monoisotopic (exact) mass is 272 g/mol. The van der Waals surface area contributed by atoms with Gasteiger partial charge in [-0.05, 0) is 12.8 Å². The lowest BCUT2D eigenvalue weighted by molar-refractivity contribution is 0.210. The van der Waals surface area contributed by atoms with E-state index in [1.165, 1.54) is 12.8 Å². The molecular weight excluding hydrogens is 244 g/mol. The molecule has 20 heavy (non-hydrogen) atoms. The van der Waals surface area contributed by atoms with Gasteiger partial charge in [-0.25, -0.2) is 0 Å². The first-order valence-electron chi connectivity index (χ1n) is 7.36. The molecule has 110 valence electrons. The molecule has 0 radical (unpaired) electrons. The van der Waals surface area contributed by atoms with Crippen LogP contribution in [0.5, 0.6) is 0 Å². The first kappa shape index (κ1) is 16.7. The van der Waals surface area contributed by atoms with Crippen molar-refractivity contribution >= 4 is 0 Å². The minimum Gasteiger partial charge on any atom is -0.290 e. The van der Waals surface area contributed by atoms with E-state index in [9.17, 15) is 0 Å². The molecule has 0 aromatic carbocycles. The summed E-state index contributed by atoms with van der Waals surface area (Å²) in [6.07, 6.45) is 14.9. The maximum atomic E-state index is 3.84. The van der Waals surface area contributed by atoms with Gasteiger partial charge >= 0.3 is 0 Å². The molecule has 1 rings (SSSR count). The van der Waals surface area contributed by atoms with Crippen LogP contribution in [0.2, 0.25) is 0 Å². The van der Waals surface area contributed by atoms with E-state index in [1.807, 2.05) is 24.3 Å². The summed E-state index contributed by atoms with van der Waals surface area (Å²) in [6.45, 7) is 19.0. The van der Waals surface area contributed by atoms with Crippen LogP contribution >= 0.6 is 0 Å². The van der Waals surface area contributed by atoms with Crippen LogP contribution in [0, 0.1) is 0 Å². The van der Waals surface area contributed by atoms with E-state index >= 15 is 0 Å². The Morgan fingerprint density at radius 2 is 1.00 bits per heavy atom. The molecule has 0 aromatic heterocycles. The fourth-order valence-corrected chi connectivity index (χ4v) is 2.75. The van der Waals surface area contributed by atoms with Crippen molar-refractivity contribution in [2.24, 2.45) is 0 Å². The van der Waals surface area contributed by atoms with Crippen LogP contribution in [-0.4, -0.2) is 48.1 Å². The van der Waals surface area contributed by atoms with Gasteiger partial charge in [0.25, 0.3) is 0 Å². The van der Waals surface area contributed by atoms with E-state index < -0.39 is 0 Å². The predicted octanol–water partition coefficient (Wildman–Crippen LogP) is 3.42. The molecule has 0 saturated heterocycles. The van der Waals surface area contributed by atoms with Crippen LogP contribution in [0.25, 0.3) is 0 Å². The van der Waals surface area contributed by atoms with Gasteiger partial charge in [0.15, 0.2) is 0 Å². The van der Waals surface area contributed by atoms with E-state index in [1.54, 1.807) is 0 Å². The van der Waals surface area contributed by atoms with E-state index in [4.69, 9.17) is 0 Å². The number of rotatable bonds is 10. The lowest BCUT2D eigenvalue weighted by Gasteiger charge is -2.35. The number of hydrogen-bond donors (Lipinski definition) is 0. The van der Waals surface area contributed by atoms with Crippen LogP contribution in [-0.2, 0) is 0 Å². The van der Waals surface area contributed by atoms with Gasteiger partial charge in [0.1, 0.15) is 0 Å². The molecule has 0 N–H and O–H groups in total. The van der Waals surface area contributed by atoms with Gasteiger partial charge in [0.05, 0.1) is 0 Å². The Balaban J connectivity index is 2.65. The second kappa shape index (κ2) is 9.51. The summed E-state index contributed by atoms with van der Waals surface area (Å²) in [6, 6.07) is 0.994. The molecule has 0 aliphatic heterocycles. The zero-order valence-electron chi connectivity index (χ0n) is 12.6. The van der Waals surface area contributed by atoms with Crippen LogP contribution < -0.4 is 0 Å². The first-order valence-corrected chi connectivity index (χ1v) is 7.36. The van der Waals surface area contributed by atoms with Gasteiger partial charge in [-0.1, -0.05) is 36.5 Å². The molecule has 2 heteroatoms. The fourth-order valence-electron chi connectivity index (χ4n) is 2.75. The van der Waals surface area contributed by atoms with Gasteiger partial charge in [-0.2, -0.15) is 0 Å². The summed E-state index contributed by atoms with van der Waals surface area (Å²) in [5, 5.41) is 0. The highest BCUT2D eigenvalue weighted by molar-refractivity contribution is 5.08. The van der Waals surface area contributed by atoms with Crippen molar-refractivity contribution in [3.8, 4) is 0 Å². The van der Waals surface area contributed by atoms with Crippen molar-refractivity contribution in [3.63, 3.8) is 0 Å². The highest BCUT2D eigenvalue weighted by atomic mass is 15.2. The molecule has 0 saturated carbocycles. The average Bonchev–Trinajstić information content (AvgIpc) is 2.47. The van der Waals surface area contributed by atoms with Gasteiger partial charge in [-0.15, -0.1) is 26.3 Å². The Labute approximate surface area is 124 Å². The number of hydrogen-bond acceptors (Lipinski definition) is 2. The summed E-state index contributed by atoms with van der Waals surface area (Å²) < 4.78 is 0. The SMILES string of the molecule is C=CCN(CC=C)[C@@H]1C=C[C@@H](N(CC=C)CC=C)CC1. The third kappa shape index (κ3) is 4.95. The molecule has 2 atom stereocenters. The summed E-state index contributed by atoms with van der Waals surface area (Å²) in [4.78, 5) is 4.80.